The summed E-state index contributed by atoms with van der Waals surface area (Å²) in [6, 6.07) is 21.7. The molecule has 3 aromatic carbocycles. The summed E-state index contributed by atoms with van der Waals surface area (Å²) in [5.74, 6) is -0.693. The van der Waals surface area contributed by atoms with Crippen LogP contribution in [0.2, 0.25) is 0 Å². The molecule has 0 bridgehead atoms. The van der Waals surface area contributed by atoms with Crippen LogP contribution in [0.3, 0.4) is 0 Å². The van der Waals surface area contributed by atoms with Crippen LogP contribution in [-0.2, 0) is 16.1 Å². The summed E-state index contributed by atoms with van der Waals surface area (Å²) in [4.78, 5) is 29.5. The van der Waals surface area contributed by atoms with E-state index in [9.17, 15) is 19.8 Å². The van der Waals surface area contributed by atoms with Crippen LogP contribution >= 0.6 is 0 Å². The van der Waals surface area contributed by atoms with Crippen molar-refractivity contribution in [2.45, 2.75) is 44.1 Å². The average molecular weight is 515 g/mol. The van der Waals surface area contributed by atoms with Gasteiger partial charge in [0.1, 0.15) is 0 Å². The van der Waals surface area contributed by atoms with E-state index in [4.69, 9.17) is 9.47 Å². The first-order valence-electron chi connectivity index (χ1n) is 13.0. The molecule has 4 atom stereocenters. The number of aliphatic hydroxyl groups excluding tert-OH is 2. The highest BCUT2D eigenvalue weighted by atomic mass is 16.7. The molecular formula is C30H30N2O6. The van der Waals surface area contributed by atoms with Gasteiger partial charge in [-0.25, -0.2) is 4.90 Å². The van der Waals surface area contributed by atoms with Crippen LogP contribution in [0.25, 0.3) is 0 Å². The van der Waals surface area contributed by atoms with Crippen molar-refractivity contribution in [3.63, 3.8) is 0 Å². The number of β-amino-alcohol motifs (C(OH)–C–C–N with tert-alkyl or cyclic N) is 1. The van der Waals surface area contributed by atoms with E-state index in [1.54, 1.807) is 42.5 Å². The number of carbonyl (C=O) groups excluding carboxylic acids is 2. The zero-order chi connectivity index (χ0) is 26.2. The third-order valence-electron chi connectivity index (χ3n) is 7.52. The second-order valence-corrected chi connectivity index (χ2v) is 10.1. The van der Waals surface area contributed by atoms with E-state index in [0.717, 1.165) is 24.1 Å². The van der Waals surface area contributed by atoms with E-state index < -0.39 is 6.29 Å². The van der Waals surface area contributed by atoms with Crippen molar-refractivity contribution in [3.05, 3.63) is 101 Å². The van der Waals surface area contributed by atoms with Gasteiger partial charge in [0.15, 0.2) is 6.29 Å². The first kappa shape index (κ1) is 24.9. The topological polar surface area (TPSA) is 99.5 Å². The lowest BCUT2D eigenvalue weighted by Crippen LogP contribution is -2.38. The first-order chi connectivity index (χ1) is 18.5. The fourth-order valence-corrected chi connectivity index (χ4v) is 5.53. The summed E-state index contributed by atoms with van der Waals surface area (Å²) < 4.78 is 12.9. The van der Waals surface area contributed by atoms with Crippen molar-refractivity contribution in [2.75, 3.05) is 24.5 Å². The minimum Gasteiger partial charge on any atom is -0.392 e. The summed E-state index contributed by atoms with van der Waals surface area (Å²) in [5.41, 5.74) is 3.78. The van der Waals surface area contributed by atoms with Gasteiger partial charge in [0, 0.05) is 31.6 Å². The normalized spacial score (nSPS) is 25.7. The number of fused-ring (bicyclic) bond motifs is 1. The fraction of sp³-hybridized carbons (Fsp3) is 0.333. The SMILES string of the molecule is O=C1c2ccccc2C(=O)N1c1cccc([C@@H]2O[C@H](CN3CC[C@H](O)C3)C[C@H](c3ccc(CO)cc3)O2)c1. The van der Waals surface area contributed by atoms with Crippen molar-refractivity contribution < 1.29 is 29.3 Å². The number of likely N-dealkylation sites (tertiary alicyclic amines) is 1. The van der Waals surface area contributed by atoms with Crippen LogP contribution in [0.4, 0.5) is 5.69 Å². The molecule has 0 radical (unpaired) electrons. The Kier molecular flexibility index (Phi) is 6.82. The van der Waals surface area contributed by atoms with E-state index in [0.29, 0.717) is 41.9 Å². The minimum absolute atomic E-state index is 0.0257. The maximum Gasteiger partial charge on any atom is 0.266 e. The lowest BCUT2D eigenvalue weighted by molar-refractivity contribution is -0.252. The number of aliphatic hydroxyl groups is 2. The zero-order valence-electron chi connectivity index (χ0n) is 20.9. The molecule has 0 unspecified atom stereocenters. The van der Waals surface area contributed by atoms with Gasteiger partial charge in [-0.3, -0.25) is 14.5 Å². The zero-order valence-corrected chi connectivity index (χ0v) is 20.9. The molecule has 3 aliphatic rings. The molecule has 3 aliphatic heterocycles. The number of ether oxygens (including phenoxy) is 2. The second-order valence-electron chi connectivity index (χ2n) is 10.1. The van der Waals surface area contributed by atoms with Gasteiger partial charge < -0.3 is 19.7 Å². The number of hydrogen-bond acceptors (Lipinski definition) is 7. The maximum atomic E-state index is 13.1. The van der Waals surface area contributed by atoms with Gasteiger partial charge >= 0.3 is 0 Å². The average Bonchev–Trinajstić information content (AvgIpc) is 3.47. The van der Waals surface area contributed by atoms with Gasteiger partial charge in [0.05, 0.1) is 41.7 Å². The summed E-state index contributed by atoms with van der Waals surface area (Å²) in [6.45, 7) is 2.08. The Bertz CT molecular complexity index is 1310. The molecule has 8 nitrogen and oxygen atoms in total. The van der Waals surface area contributed by atoms with E-state index in [-0.39, 0.29) is 36.7 Å². The number of benzene rings is 3. The number of anilines is 1. The third kappa shape index (κ3) is 4.77. The van der Waals surface area contributed by atoms with Gasteiger partial charge in [-0.05, 0) is 41.8 Å². The predicted molar refractivity (Wildman–Crippen MR) is 140 cm³/mol. The van der Waals surface area contributed by atoms with E-state index in [2.05, 4.69) is 4.90 Å². The number of imide groups is 1. The summed E-state index contributed by atoms with van der Waals surface area (Å²) in [6.07, 6.45) is -0.0324. The number of amides is 2. The van der Waals surface area contributed by atoms with Gasteiger partial charge in [0.2, 0.25) is 0 Å². The van der Waals surface area contributed by atoms with Crippen molar-refractivity contribution in [1.82, 2.24) is 4.90 Å². The Labute approximate surface area is 221 Å². The minimum atomic E-state index is -0.709. The quantitative estimate of drug-likeness (QED) is 0.485. The lowest BCUT2D eigenvalue weighted by Gasteiger charge is -2.38. The Balaban J connectivity index is 1.28. The fourth-order valence-electron chi connectivity index (χ4n) is 5.53. The van der Waals surface area contributed by atoms with Crippen molar-refractivity contribution >= 4 is 17.5 Å². The molecular weight excluding hydrogens is 484 g/mol. The van der Waals surface area contributed by atoms with Gasteiger partial charge in [-0.15, -0.1) is 0 Å². The molecule has 0 aliphatic carbocycles. The molecule has 3 aromatic rings. The molecule has 38 heavy (non-hydrogen) atoms. The largest absolute Gasteiger partial charge is 0.392 e. The summed E-state index contributed by atoms with van der Waals surface area (Å²) in [5, 5.41) is 19.4. The van der Waals surface area contributed by atoms with Crippen LogP contribution in [-0.4, -0.2) is 58.8 Å². The molecule has 0 saturated carbocycles. The molecule has 3 heterocycles. The molecule has 0 aromatic heterocycles. The first-order valence-corrected chi connectivity index (χ1v) is 13.0. The summed E-state index contributed by atoms with van der Waals surface area (Å²) >= 11 is 0. The number of nitrogens with zero attached hydrogens (tertiary/aromatic N) is 2. The monoisotopic (exact) mass is 514 g/mol. The molecule has 2 saturated heterocycles. The van der Waals surface area contributed by atoms with Crippen LogP contribution in [0.5, 0.6) is 0 Å². The van der Waals surface area contributed by atoms with E-state index in [1.165, 1.54) is 4.90 Å². The molecule has 2 fully saturated rings. The lowest BCUT2D eigenvalue weighted by atomic mass is 9.99. The van der Waals surface area contributed by atoms with Crippen LogP contribution in [0.15, 0.2) is 72.8 Å². The standard InChI is InChI=1S/C30H30N2O6/c33-18-19-8-10-20(11-9-19)27-15-24(17-31-13-12-23(34)16-31)37-30(38-27)21-4-3-5-22(14-21)32-28(35)25-6-1-2-7-26(25)29(32)36/h1-11,14,23-24,27,30,33-34H,12-13,15-18H2/t23-,24-,27+,30+/m0/s1. The second kappa shape index (κ2) is 10.4. The Morgan fingerprint density at radius 3 is 2.26 bits per heavy atom. The van der Waals surface area contributed by atoms with Gasteiger partial charge in [0.25, 0.3) is 11.8 Å². The third-order valence-corrected chi connectivity index (χ3v) is 7.52. The van der Waals surface area contributed by atoms with Crippen molar-refractivity contribution in [3.8, 4) is 0 Å². The predicted octanol–water partition coefficient (Wildman–Crippen LogP) is 3.59. The Hall–Kier alpha value is -3.40. The van der Waals surface area contributed by atoms with Crippen LogP contribution in [0, 0.1) is 0 Å². The van der Waals surface area contributed by atoms with Gasteiger partial charge in [-0.2, -0.15) is 0 Å². The number of carbonyl (C=O) groups is 2. The van der Waals surface area contributed by atoms with Crippen LogP contribution < -0.4 is 4.90 Å². The summed E-state index contributed by atoms with van der Waals surface area (Å²) in [7, 11) is 0. The van der Waals surface area contributed by atoms with Crippen molar-refractivity contribution in [1.29, 1.82) is 0 Å². The molecule has 2 amide bonds. The van der Waals surface area contributed by atoms with E-state index in [1.807, 2.05) is 30.3 Å². The highest BCUT2D eigenvalue weighted by Crippen LogP contribution is 2.40. The molecule has 196 valence electrons. The van der Waals surface area contributed by atoms with Crippen molar-refractivity contribution in [2.24, 2.45) is 0 Å². The highest BCUT2D eigenvalue weighted by molar-refractivity contribution is 6.34. The number of rotatable bonds is 6. The molecule has 2 N–H and O–H groups in total. The molecule has 6 rings (SSSR count). The Morgan fingerprint density at radius 1 is 0.868 bits per heavy atom. The van der Waals surface area contributed by atoms with Crippen LogP contribution in [0.1, 0.15) is 62.6 Å². The Morgan fingerprint density at radius 2 is 1.61 bits per heavy atom. The van der Waals surface area contributed by atoms with Gasteiger partial charge in [-0.1, -0.05) is 48.5 Å². The number of hydrogen-bond donors (Lipinski definition) is 2. The maximum absolute atomic E-state index is 13.1. The highest BCUT2D eigenvalue weighted by Gasteiger charge is 2.38. The smallest absolute Gasteiger partial charge is 0.266 e. The molecule has 0 spiro atoms. The molecule has 8 heteroatoms. The van der Waals surface area contributed by atoms with E-state index >= 15 is 0 Å².